The lowest BCUT2D eigenvalue weighted by Crippen LogP contribution is -2.31. The number of aromatic nitrogens is 1. The van der Waals surface area contributed by atoms with Crippen LogP contribution < -0.4 is 16.0 Å². The Morgan fingerprint density at radius 3 is 2.64 bits per heavy atom. The molecule has 7 nitrogen and oxygen atoms in total. The Kier molecular flexibility index (Phi) is 6.60. The Bertz CT molecular complexity index is 830. The number of carbonyl (C=O) groups is 2. The SMILES string of the molecule is Cc1cc(C)c(CNC(=O)Nc2ccc(C(=O)NC[C@@H]3CCCO3)cc2)cn1. The van der Waals surface area contributed by atoms with Crippen molar-refractivity contribution in [2.24, 2.45) is 0 Å². The van der Waals surface area contributed by atoms with E-state index in [0.29, 0.717) is 24.3 Å². The average molecular weight is 382 g/mol. The zero-order chi connectivity index (χ0) is 19.9. The third-order valence-electron chi connectivity index (χ3n) is 4.71. The highest BCUT2D eigenvalue weighted by Gasteiger charge is 2.16. The predicted molar refractivity (Wildman–Crippen MR) is 107 cm³/mol. The molecule has 3 rings (SSSR count). The van der Waals surface area contributed by atoms with Crippen LogP contribution in [-0.4, -0.2) is 36.2 Å². The van der Waals surface area contributed by atoms with E-state index in [1.165, 1.54) is 0 Å². The number of nitrogens with one attached hydrogen (secondary N) is 3. The highest BCUT2D eigenvalue weighted by Crippen LogP contribution is 2.13. The summed E-state index contributed by atoms with van der Waals surface area (Å²) in [6.45, 7) is 5.61. The molecule has 0 saturated carbocycles. The summed E-state index contributed by atoms with van der Waals surface area (Å²) in [5.41, 5.74) is 4.17. The lowest BCUT2D eigenvalue weighted by molar-refractivity contribution is 0.0858. The van der Waals surface area contributed by atoms with E-state index in [4.69, 9.17) is 4.74 Å². The summed E-state index contributed by atoms with van der Waals surface area (Å²) in [7, 11) is 0. The molecule has 1 aliphatic heterocycles. The van der Waals surface area contributed by atoms with Crippen molar-refractivity contribution in [1.29, 1.82) is 0 Å². The van der Waals surface area contributed by atoms with Crippen LogP contribution >= 0.6 is 0 Å². The first-order valence-corrected chi connectivity index (χ1v) is 9.48. The number of hydrogen-bond acceptors (Lipinski definition) is 4. The second-order valence-corrected chi connectivity index (χ2v) is 6.98. The van der Waals surface area contributed by atoms with E-state index in [1.807, 2.05) is 19.9 Å². The van der Waals surface area contributed by atoms with E-state index in [9.17, 15) is 9.59 Å². The number of carbonyl (C=O) groups excluding carboxylic acids is 2. The molecule has 7 heteroatoms. The molecule has 148 valence electrons. The summed E-state index contributed by atoms with van der Waals surface area (Å²) in [5.74, 6) is -0.145. The van der Waals surface area contributed by atoms with Crippen molar-refractivity contribution in [2.75, 3.05) is 18.5 Å². The first-order valence-electron chi connectivity index (χ1n) is 9.48. The molecule has 1 aromatic heterocycles. The minimum Gasteiger partial charge on any atom is -0.376 e. The van der Waals surface area contributed by atoms with Crippen molar-refractivity contribution in [3.05, 3.63) is 58.9 Å². The number of anilines is 1. The van der Waals surface area contributed by atoms with Gasteiger partial charge in [0.05, 0.1) is 6.10 Å². The molecular formula is C21H26N4O3. The second kappa shape index (κ2) is 9.32. The van der Waals surface area contributed by atoms with Gasteiger partial charge in [0.15, 0.2) is 0 Å². The largest absolute Gasteiger partial charge is 0.376 e. The molecule has 2 heterocycles. The smallest absolute Gasteiger partial charge is 0.319 e. The molecule has 0 spiro atoms. The summed E-state index contributed by atoms with van der Waals surface area (Å²) in [6.07, 6.45) is 3.91. The van der Waals surface area contributed by atoms with E-state index >= 15 is 0 Å². The first-order chi connectivity index (χ1) is 13.5. The van der Waals surface area contributed by atoms with Gasteiger partial charge in [-0.1, -0.05) is 0 Å². The molecule has 28 heavy (non-hydrogen) atoms. The predicted octanol–water partition coefficient (Wildman–Crippen LogP) is 2.93. The molecule has 1 fully saturated rings. The molecule has 1 aromatic carbocycles. The van der Waals surface area contributed by atoms with Crippen LogP contribution in [0, 0.1) is 13.8 Å². The molecule has 1 atom stereocenters. The quantitative estimate of drug-likeness (QED) is 0.716. The fraction of sp³-hybridized carbons (Fsp3) is 0.381. The van der Waals surface area contributed by atoms with Crippen LogP contribution in [0.2, 0.25) is 0 Å². The molecule has 1 aliphatic rings. The minimum absolute atomic E-state index is 0.112. The monoisotopic (exact) mass is 382 g/mol. The molecule has 0 radical (unpaired) electrons. The van der Waals surface area contributed by atoms with Crippen molar-refractivity contribution < 1.29 is 14.3 Å². The zero-order valence-corrected chi connectivity index (χ0v) is 16.2. The Morgan fingerprint density at radius 2 is 1.96 bits per heavy atom. The molecule has 3 amide bonds. The minimum atomic E-state index is -0.310. The van der Waals surface area contributed by atoms with Gasteiger partial charge in [-0.15, -0.1) is 0 Å². The summed E-state index contributed by atoms with van der Waals surface area (Å²) < 4.78 is 5.50. The zero-order valence-electron chi connectivity index (χ0n) is 16.2. The molecule has 0 unspecified atom stereocenters. The van der Waals surface area contributed by atoms with Gasteiger partial charge in [-0.2, -0.15) is 0 Å². The second-order valence-electron chi connectivity index (χ2n) is 6.98. The van der Waals surface area contributed by atoms with E-state index in [1.54, 1.807) is 30.5 Å². The van der Waals surface area contributed by atoms with Gasteiger partial charge in [0.25, 0.3) is 5.91 Å². The Hall–Kier alpha value is -2.93. The maximum Gasteiger partial charge on any atom is 0.319 e. The molecule has 3 N–H and O–H groups in total. The Morgan fingerprint density at radius 1 is 1.18 bits per heavy atom. The average Bonchev–Trinajstić information content (AvgIpc) is 3.19. The van der Waals surface area contributed by atoms with Crippen molar-refractivity contribution in [2.45, 2.75) is 39.3 Å². The number of rotatable bonds is 6. The fourth-order valence-electron chi connectivity index (χ4n) is 3.08. The molecule has 0 bridgehead atoms. The first kappa shape index (κ1) is 19.8. The molecular weight excluding hydrogens is 356 g/mol. The van der Waals surface area contributed by atoms with Crippen molar-refractivity contribution in [3.8, 4) is 0 Å². The summed E-state index contributed by atoms with van der Waals surface area (Å²) in [5, 5.41) is 8.46. The summed E-state index contributed by atoms with van der Waals surface area (Å²) >= 11 is 0. The number of urea groups is 1. The Balaban J connectivity index is 1.46. The van der Waals surface area contributed by atoms with Crippen molar-refractivity contribution >= 4 is 17.6 Å². The van der Waals surface area contributed by atoms with Gasteiger partial charge in [-0.25, -0.2) is 4.79 Å². The highest BCUT2D eigenvalue weighted by atomic mass is 16.5. The third kappa shape index (κ3) is 5.53. The van der Waals surface area contributed by atoms with Crippen molar-refractivity contribution in [1.82, 2.24) is 15.6 Å². The van der Waals surface area contributed by atoms with Gasteiger partial charge in [-0.3, -0.25) is 9.78 Å². The fourth-order valence-corrected chi connectivity index (χ4v) is 3.08. The normalized spacial score (nSPS) is 15.9. The number of amides is 3. The van der Waals surface area contributed by atoms with Crippen LogP contribution in [-0.2, 0) is 11.3 Å². The van der Waals surface area contributed by atoms with Crippen LogP contribution in [0.5, 0.6) is 0 Å². The number of aryl methyl sites for hydroxylation is 2. The van der Waals surface area contributed by atoms with Crippen LogP contribution in [0.1, 0.15) is 40.0 Å². The van der Waals surface area contributed by atoms with Crippen molar-refractivity contribution in [3.63, 3.8) is 0 Å². The molecule has 0 aliphatic carbocycles. The Labute approximate surface area is 164 Å². The lowest BCUT2D eigenvalue weighted by atomic mass is 10.1. The van der Waals surface area contributed by atoms with Gasteiger partial charge in [0, 0.05) is 42.8 Å². The molecule has 2 aromatic rings. The maximum absolute atomic E-state index is 12.2. The molecule has 1 saturated heterocycles. The van der Waals surface area contributed by atoms with Crippen LogP contribution in [0.15, 0.2) is 36.5 Å². The number of hydrogen-bond donors (Lipinski definition) is 3. The summed E-state index contributed by atoms with van der Waals surface area (Å²) in [6, 6.07) is 8.47. The number of benzene rings is 1. The van der Waals surface area contributed by atoms with Gasteiger partial charge in [0.1, 0.15) is 0 Å². The maximum atomic E-state index is 12.2. The van der Waals surface area contributed by atoms with Crippen LogP contribution in [0.25, 0.3) is 0 Å². The van der Waals surface area contributed by atoms with Gasteiger partial charge >= 0.3 is 6.03 Å². The highest BCUT2D eigenvalue weighted by molar-refractivity contribution is 5.95. The topological polar surface area (TPSA) is 92.4 Å². The number of nitrogens with zero attached hydrogens (tertiary/aromatic N) is 1. The third-order valence-corrected chi connectivity index (χ3v) is 4.71. The van der Waals surface area contributed by atoms with Gasteiger partial charge in [0.2, 0.25) is 0 Å². The van der Waals surface area contributed by atoms with Crippen LogP contribution in [0.3, 0.4) is 0 Å². The standard InChI is InChI=1S/C21H26N4O3/c1-14-10-15(2)22-11-17(14)12-24-21(27)25-18-7-5-16(6-8-18)20(26)23-13-19-4-3-9-28-19/h5-8,10-11,19H,3-4,9,12-13H2,1-2H3,(H,23,26)(H2,24,25,27)/t19-/m0/s1. The number of pyridine rings is 1. The lowest BCUT2D eigenvalue weighted by Gasteiger charge is -2.12. The van der Waals surface area contributed by atoms with Gasteiger partial charge in [-0.05, 0) is 68.1 Å². The van der Waals surface area contributed by atoms with E-state index in [2.05, 4.69) is 20.9 Å². The van der Waals surface area contributed by atoms with E-state index < -0.39 is 0 Å². The van der Waals surface area contributed by atoms with E-state index in [-0.39, 0.29) is 18.0 Å². The van der Waals surface area contributed by atoms with E-state index in [0.717, 1.165) is 36.3 Å². The van der Waals surface area contributed by atoms with Crippen LogP contribution in [0.4, 0.5) is 10.5 Å². The summed E-state index contributed by atoms with van der Waals surface area (Å²) in [4.78, 5) is 28.5. The van der Waals surface area contributed by atoms with Gasteiger partial charge < -0.3 is 20.7 Å². The number of ether oxygens (including phenoxy) is 1.